The Morgan fingerprint density at radius 2 is 1.76 bits per heavy atom. The lowest BCUT2D eigenvalue weighted by atomic mass is 9.53. The Labute approximate surface area is 173 Å². The lowest BCUT2D eigenvalue weighted by Crippen LogP contribution is -2.60. The van der Waals surface area contributed by atoms with E-state index < -0.39 is 0 Å². The molecular weight excluding hydrogens is 364 g/mol. The number of hydrogen-bond donors (Lipinski definition) is 2. The highest BCUT2D eigenvalue weighted by molar-refractivity contribution is 5.67. The number of ether oxygens (including phenoxy) is 1. The van der Waals surface area contributed by atoms with Crippen LogP contribution in [-0.4, -0.2) is 47.4 Å². The van der Waals surface area contributed by atoms with Crippen molar-refractivity contribution in [3.63, 3.8) is 0 Å². The smallest absolute Gasteiger partial charge is 0.410 e. The lowest BCUT2D eigenvalue weighted by molar-refractivity contribution is -0.0307. The van der Waals surface area contributed by atoms with E-state index in [1.54, 1.807) is 4.90 Å². The molecule has 4 aliphatic carbocycles. The van der Waals surface area contributed by atoms with Crippen molar-refractivity contribution < 1.29 is 14.6 Å². The van der Waals surface area contributed by atoms with Gasteiger partial charge in [0.1, 0.15) is 6.61 Å². The molecule has 6 rings (SSSR count). The fourth-order valence-electron chi connectivity index (χ4n) is 6.87. The molecule has 4 saturated carbocycles. The van der Waals surface area contributed by atoms with E-state index in [4.69, 9.17) is 4.74 Å². The van der Waals surface area contributed by atoms with E-state index in [2.05, 4.69) is 5.32 Å². The van der Waals surface area contributed by atoms with Gasteiger partial charge in [-0.1, -0.05) is 30.3 Å². The van der Waals surface area contributed by atoms with E-state index in [-0.39, 0.29) is 18.1 Å². The van der Waals surface area contributed by atoms with Crippen LogP contribution in [0, 0.1) is 23.7 Å². The first-order valence-corrected chi connectivity index (χ1v) is 11.5. The number of carbonyl (C=O) groups excluding carboxylic acids is 1. The van der Waals surface area contributed by atoms with Gasteiger partial charge in [0.25, 0.3) is 0 Å². The predicted molar refractivity (Wildman–Crippen MR) is 111 cm³/mol. The number of benzene rings is 1. The summed E-state index contributed by atoms with van der Waals surface area (Å²) in [6.45, 7) is 2.25. The maximum Gasteiger partial charge on any atom is 0.410 e. The normalized spacial score (nSPS) is 38.2. The number of hydrogen-bond acceptors (Lipinski definition) is 4. The molecule has 2 N–H and O–H groups in total. The maximum absolute atomic E-state index is 12.6. The number of rotatable bonds is 5. The number of aliphatic hydroxyl groups is 1. The van der Waals surface area contributed by atoms with Gasteiger partial charge >= 0.3 is 6.09 Å². The summed E-state index contributed by atoms with van der Waals surface area (Å²) in [5, 5.41) is 14.5. The zero-order chi connectivity index (χ0) is 19.8. The molecule has 0 aromatic heterocycles. The average Bonchev–Trinajstić information content (AvgIpc) is 2.71. The second kappa shape index (κ2) is 7.92. The van der Waals surface area contributed by atoms with Crippen molar-refractivity contribution in [1.82, 2.24) is 10.2 Å². The molecule has 1 amide bonds. The van der Waals surface area contributed by atoms with Gasteiger partial charge in [0.2, 0.25) is 0 Å². The molecule has 0 radical (unpaired) electrons. The maximum atomic E-state index is 12.6. The summed E-state index contributed by atoms with van der Waals surface area (Å²) in [6, 6.07) is 9.79. The second-order valence-corrected chi connectivity index (χ2v) is 10.2. The van der Waals surface area contributed by atoms with Gasteiger partial charge in [-0.25, -0.2) is 4.79 Å². The van der Waals surface area contributed by atoms with Crippen LogP contribution >= 0.6 is 0 Å². The second-order valence-electron chi connectivity index (χ2n) is 10.2. The highest BCUT2D eigenvalue weighted by Gasteiger charge is 2.50. The zero-order valence-electron chi connectivity index (χ0n) is 17.3. The van der Waals surface area contributed by atoms with Crippen molar-refractivity contribution in [1.29, 1.82) is 0 Å². The SMILES string of the molecule is O=C(OCc1ccccc1)N1CCC(O)C(CNC23CC4CC(CC(C4)C2)C3)C1. The average molecular weight is 399 g/mol. The van der Waals surface area contributed by atoms with Crippen molar-refractivity contribution in [3.05, 3.63) is 35.9 Å². The lowest BCUT2D eigenvalue weighted by Gasteiger charge is -2.57. The van der Waals surface area contributed by atoms with Gasteiger partial charge < -0.3 is 20.1 Å². The van der Waals surface area contributed by atoms with Crippen LogP contribution in [0.4, 0.5) is 4.79 Å². The predicted octanol–water partition coefficient (Wildman–Crippen LogP) is 3.56. The van der Waals surface area contributed by atoms with Crippen LogP contribution < -0.4 is 5.32 Å². The first-order valence-electron chi connectivity index (χ1n) is 11.5. The Bertz CT molecular complexity index is 687. The van der Waals surface area contributed by atoms with Gasteiger partial charge in [0.05, 0.1) is 6.10 Å². The van der Waals surface area contributed by atoms with E-state index in [1.807, 2.05) is 30.3 Å². The molecule has 29 heavy (non-hydrogen) atoms. The van der Waals surface area contributed by atoms with Crippen molar-refractivity contribution in [2.75, 3.05) is 19.6 Å². The van der Waals surface area contributed by atoms with Gasteiger partial charge in [0.15, 0.2) is 0 Å². The van der Waals surface area contributed by atoms with Crippen molar-refractivity contribution in [2.45, 2.75) is 63.2 Å². The Kier molecular flexibility index (Phi) is 5.29. The molecule has 5 heteroatoms. The van der Waals surface area contributed by atoms with Gasteiger partial charge in [-0.05, 0) is 68.3 Å². The molecule has 2 unspecified atom stereocenters. The minimum atomic E-state index is -0.338. The standard InChI is InChI=1S/C24H34N2O3/c27-22-6-7-26(23(28)29-16-17-4-2-1-3-5-17)15-21(22)14-25-24-11-18-8-19(12-24)10-20(9-18)13-24/h1-5,18-22,25,27H,6-16H2. The van der Waals surface area contributed by atoms with Crippen LogP contribution in [0.15, 0.2) is 30.3 Å². The summed E-state index contributed by atoms with van der Waals surface area (Å²) in [4.78, 5) is 14.3. The van der Waals surface area contributed by atoms with Crippen LogP contribution in [0.25, 0.3) is 0 Å². The van der Waals surface area contributed by atoms with E-state index >= 15 is 0 Å². The van der Waals surface area contributed by atoms with Gasteiger partial charge in [-0.15, -0.1) is 0 Å². The van der Waals surface area contributed by atoms with Crippen LogP contribution in [0.1, 0.15) is 50.5 Å². The van der Waals surface area contributed by atoms with Crippen LogP contribution in [0.3, 0.4) is 0 Å². The highest BCUT2D eigenvalue weighted by Crippen LogP contribution is 2.55. The highest BCUT2D eigenvalue weighted by atomic mass is 16.6. The minimum absolute atomic E-state index is 0.0843. The van der Waals surface area contributed by atoms with E-state index in [0.29, 0.717) is 31.7 Å². The fourth-order valence-corrected chi connectivity index (χ4v) is 6.87. The molecule has 1 saturated heterocycles. The van der Waals surface area contributed by atoms with Crippen molar-refractivity contribution in [2.24, 2.45) is 23.7 Å². The quantitative estimate of drug-likeness (QED) is 0.796. The molecular formula is C24H34N2O3. The zero-order valence-corrected chi connectivity index (χ0v) is 17.3. The summed E-state index contributed by atoms with van der Waals surface area (Å²) in [7, 11) is 0. The Morgan fingerprint density at radius 1 is 1.10 bits per heavy atom. The third-order valence-electron chi connectivity index (χ3n) is 7.93. The van der Waals surface area contributed by atoms with Crippen LogP contribution in [0.2, 0.25) is 0 Å². The summed E-state index contributed by atoms with van der Waals surface area (Å²) >= 11 is 0. The fraction of sp³-hybridized carbons (Fsp3) is 0.708. The number of aliphatic hydroxyl groups excluding tert-OH is 1. The van der Waals surface area contributed by atoms with Gasteiger partial charge in [-0.3, -0.25) is 0 Å². The van der Waals surface area contributed by atoms with E-state index in [0.717, 1.165) is 29.9 Å². The molecule has 0 spiro atoms. The van der Waals surface area contributed by atoms with Gasteiger partial charge in [-0.2, -0.15) is 0 Å². The Balaban J connectivity index is 1.15. The number of carbonyl (C=O) groups is 1. The third-order valence-corrected chi connectivity index (χ3v) is 7.93. The van der Waals surface area contributed by atoms with Gasteiger partial charge in [0, 0.05) is 31.1 Å². The molecule has 1 aliphatic heterocycles. The van der Waals surface area contributed by atoms with Crippen molar-refractivity contribution in [3.8, 4) is 0 Å². The first kappa shape index (κ1) is 19.4. The summed E-state index contributed by atoms with van der Waals surface area (Å²) in [5.41, 5.74) is 1.29. The Hall–Kier alpha value is -1.59. The summed E-state index contributed by atoms with van der Waals surface area (Å²) < 4.78 is 5.51. The van der Waals surface area contributed by atoms with E-state index in [1.165, 1.54) is 38.5 Å². The van der Waals surface area contributed by atoms with Crippen molar-refractivity contribution >= 4 is 6.09 Å². The topological polar surface area (TPSA) is 61.8 Å². The van der Waals surface area contributed by atoms with E-state index in [9.17, 15) is 9.90 Å². The molecule has 5 fully saturated rings. The number of nitrogens with zero attached hydrogens (tertiary/aromatic N) is 1. The molecule has 4 bridgehead atoms. The monoisotopic (exact) mass is 398 g/mol. The van der Waals surface area contributed by atoms with Crippen LogP contribution in [-0.2, 0) is 11.3 Å². The molecule has 2 atom stereocenters. The number of amides is 1. The summed E-state index contributed by atoms with van der Waals surface area (Å²) in [6.07, 6.45) is 8.28. The molecule has 1 heterocycles. The minimum Gasteiger partial charge on any atom is -0.445 e. The summed E-state index contributed by atoms with van der Waals surface area (Å²) in [5.74, 6) is 2.82. The first-order chi connectivity index (χ1) is 14.1. The molecule has 1 aromatic rings. The molecule has 5 nitrogen and oxygen atoms in total. The van der Waals surface area contributed by atoms with Crippen LogP contribution in [0.5, 0.6) is 0 Å². The molecule has 1 aromatic carbocycles. The molecule has 5 aliphatic rings. The number of nitrogens with one attached hydrogen (secondary N) is 1. The largest absolute Gasteiger partial charge is 0.445 e. The Morgan fingerprint density at radius 3 is 2.41 bits per heavy atom. The number of piperidine rings is 1. The number of likely N-dealkylation sites (tertiary alicyclic amines) is 1. The molecule has 158 valence electrons. The third kappa shape index (κ3) is 4.17.